The molecule has 1 saturated carbocycles. The first-order valence-corrected chi connectivity index (χ1v) is 10.1. The van der Waals surface area contributed by atoms with Crippen LogP contribution in [0.2, 0.25) is 0 Å². The largest absolute Gasteiger partial charge is 0.403 e. The standard InChI is InChI=1S/C21H27N7O2/c1-12-8-16-11-21(10-12,19-25-14(3)27-30-19)28(16)20(29)26-15-5-4-13(2)17(9-15)18(23)24-7-6-22/h4-7,9,12,16H,8,10-11,22H2,1-3H3,(H2,23,24)(H,26,29)/b7-6-. The van der Waals surface area contributed by atoms with Crippen LogP contribution in [-0.4, -0.2) is 32.9 Å². The molecule has 1 aromatic heterocycles. The van der Waals surface area contributed by atoms with Crippen LogP contribution in [0.3, 0.4) is 0 Å². The minimum atomic E-state index is -0.534. The predicted molar refractivity (Wildman–Crippen MR) is 114 cm³/mol. The van der Waals surface area contributed by atoms with Crippen molar-refractivity contribution >= 4 is 17.6 Å². The van der Waals surface area contributed by atoms with Crippen LogP contribution in [0.25, 0.3) is 0 Å². The molecule has 9 nitrogen and oxygen atoms in total. The van der Waals surface area contributed by atoms with Crippen molar-refractivity contribution in [3.8, 4) is 0 Å². The zero-order chi connectivity index (χ0) is 21.5. The second-order valence-corrected chi connectivity index (χ2v) is 8.27. The summed E-state index contributed by atoms with van der Waals surface area (Å²) in [6.45, 7) is 5.92. The number of piperidine rings is 1. The summed E-state index contributed by atoms with van der Waals surface area (Å²) in [4.78, 5) is 23.7. The van der Waals surface area contributed by atoms with Gasteiger partial charge in [0.1, 0.15) is 11.4 Å². The lowest BCUT2D eigenvalue weighted by Gasteiger charge is -2.61. The van der Waals surface area contributed by atoms with Gasteiger partial charge in [-0.25, -0.2) is 9.79 Å². The van der Waals surface area contributed by atoms with Crippen LogP contribution in [0.4, 0.5) is 10.5 Å². The highest BCUT2D eigenvalue weighted by molar-refractivity contribution is 6.01. The van der Waals surface area contributed by atoms with Gasteiger partial charge in [-0.3, -0.25) is 0 Å². The molecule has 5 N–H and O–H groups in total. The lowest BCUT2D eigenvalue weighted by molar-refractivity contribution is -0.111. The number of hydrogen-bond donors (Lipinski definition) is 3. The maximum Gasteiger partial charge on any atom is 0.323 e. The molecular formula is C21H27N7O2. The first-order valence-electron chi connectivity index (χ1n) is 10.1. The highest BCUT2D eigenvalue weighted by Gasteiger charge is 2.62. The third-order valence-electron chi connectivity index (χ3n) is 5.97. The Kier molecular flexibility index (Phi) is 4.97. The first-order chi connectivity index (χ1) is 14.3. The van der Waals surface area contributed by atoms with E-state index in [-0.39, 0.29) is 12.1 Å². The molecule has 2 fully saturated rings. The van der Waals surface area contributed by atoms with Crippen molar-refractivity contribution in [2.75, 3.05) is 5.32 Å². The lowest BCUT2D eigenvalue weighted by Crippen LogP contribution is -2.70. The van der Waals surface area contributed by atoms with E-state index in [1.807, 2.05) is 30.0 Å². The molecule has 3 atom stereocenters. The Balaban J connectivity index is 1.59. The van der Waals surface area contributed by atoms with Gasteiger partial charge in [0.05, 0.1) is 0 Å². The van der Waals surface area contributed by atoms with Crippen molar-refractivity contribution in [3.05, 3.63) is 53.4 Å². The molecule has 0 spiro atoms. The maximum absolute atomic E-state index is 13.3. The first kappa shape index (κ1) is 19.9. The quantitative estimate of drug-likeness (QED) is 0.525. The number of amides is 2. The van der Waals surface area contributed by atoms with E-state index >= 15 is 0 Å². The number of nitrogens with one attached hydrogen (secondary N) is 1. The number of nitrogens with two attached hydrogens (primary N) is 2. The van der Waals surface area contributed by atoms with Crippen molar-refractivity contribution in [2.24, 2.45) is 22.4 Å². The monoisotopic (exact) mass is 409 g/mol. The molecule has 1 aliphatic heterocycles. The molecule has 2 bridgehead atoms. The molecule has 4 rings (SSSR count). The Morgan fingerprint density at radius 2 is 2.20 bits per heavy atom. The van der Waals surface area contributed by atoms with Gasteiger partial charge in [0, 0.05) is 36.1 Å². The Bertz CT molecular complexity index is 1030. The fourth-order valence-corrected chi connectivity index (χ4v) is 4.79. The van der Waals surface area contributed by atoms with E-state index in [2.05, 4.69) is 27.4 Å². The predicted octanol–water partition coefficient (Wildman–Crippen LogP) is 2.75. The number of aryl methyl sites for hydroxylation is 2. The van der Waals surface area contributed by atoms with E-state index in [0.717, 1.165) is 30.4 Å². The lowest BCUT2D eigenvalue weighted by atomic mass is 9.64. The number of rotatable bonds is 4. The number of amidine groups is 1. The van der Waals surface area contributed by atoms with Gasteiger partial charge in [-0.15, -0.1) is 0 Å². The van der Waals surface area contributed by atoms with Gasteiger partial charge in [0.2, 0.25) is 0 Å². The molecule has 9 heteroatoms. The number of benzene rings is 1. The number of aliphatic imine (C=N–C) groups is 1. The molecule has 1 aromatic carbocycles. The fourth-order valence-electron chi connectivity index (χ4n) is 4.79. The van der Waals surface area contributed by atoms with Crippen LogP contribution in [0, 0.1) is 19.8 Å². The van der Waals surface area contributed by atoms with Crippen molar-refractivity contribution in [1.29, 1.82) is 0 Å². The average molecular weight is 409 g/mol. The molecule has 2 amide bonds. The Morgan fingerprint density at radius 1 is 1.40 bits per heavy atom. The highest BCUT2D eigenvalue weighted by atomic mass is 16.5. The van der Waals surface area contributed by atoms with E-state index in [1.165, 1.54) is 12.4 Å². The van der Waals surface area contributed by atoms with Gasteiger partial charge >= 0.3 is 6.03 Å². The summed E-state index contributed by atoms with van der Waals surface area (Å²) in [6, 6.07) is 5.55. The summed E-state index contributed by atoms with van der Waals surface area (Å²) >= 11 is 0. The third kappa shape index (κ3) is 3.30. The van der Waals surface area contributed by atoms with Gasteiger partial charge in [0.25, 0.3) is 5.89 Å². The number of fused-ring (bicyclic) bond motifs is 2. The summed E-state index contributed by atoms with van der Waals surface area (Å²) in [5.41, 5.74) is 13.2. The molecule has 2 aromatic rings. The van der Waals surface area contributed by atoms with Crippen LogP contribution in [0.1, 0.15) is 49.0 Å². The number of likely N-dealkylation sites (tertiary alicyclic amines) is 1. The Morgan fingerprint density at radius 3 is 2.90 bits per heavy atom. The summed E-state index contributed by atoms with van der Waals surface area (Å²) in [6.07, 6.45) is 5.36. The highest BCUT2D eigenvalue weighted by Crippen LogP contribution is 2.55. The molecule has 2 aliphatic rings. The number of aromatic nitrogens is 2. The number of carbonyl (C=O) groups excluding carboxylic acids is 1. The van der Waals surface area contributed by atoms with E-state index in [0.29, 0.717) is 29.2 Å². The third-order valence-corrected chi connectivity index (χ3v) is 5.97. The van der Waals surface area contributed by atoms with Crippen molar-refractivity contribution in [2.45, 2.75) is 51.6 Å². The van der Waals surface area contributed by atoms with E-state index in [9.17, 15) is 4.79 Å². The molecule has 1 aliphatic carbocycles. The van der Waals surface area contributed by atoms with Gasteiger partial charge in [-0.2, -0.15) is 4.98 Å². The number of nitrogens with zero attached hydrogens (tertiary/aromatic N) is 4. The average Bonchev–Trinajstić information content (AvgIpc) is 3.13. The van der Waals surface area contributed by atoms with Crippen LogP contribution in [0.5, 0.6) is 0 Å². The van der Waals surface area contributed by atoms with E-state index in [4.69, 9.17) is 16.0 Å². The summed E-state index contributed by atoms with van der Waals surface area (Å²) in [7, 11) is 0. The molecule has 2 heterocycles. The van der Waals surface area contributed by atoms with Crippen molar-refractivity contribution < 1.29 is 9.32 Å². The summed E-state index contributed by atoms with van der Waals surface area (Å²) in [5, 5.41) is 6.95. The smallest absolute Gasteiger partial charge is 0.323 e. The minimum absolute atomic E-state index is 0.159. The topological polar surface area (TPSA) is 136 Å². The molecule has 3 unspecified atom stereocenters. The number of hydrogen-bond acceptors (Lipinski definition) is 6. The van der Waals surface area contributed by atoms with Gasteiger partial charge in [-0.1, -0.05) is 18.1 Å². The molecule has 158 valence electrons. The SMILES string of the molecule is Cc1noc(C23CC(C)CC(C2)N3C(=O)Nc2ccc(C)c(C(N)=N/C=C\N)c2)n1. The van der Waals surface area contributed by atoms with Crippen molar-refractivity contribution in [1.82, 2.24) is 15.0 Å². The zero-order valence-corrected chi connectivity index (χ0v) is 17.4. The number of urea groups is 1. The molecule has 1 saturated heterocycles. The molecule has 30 heavy (non-hydrogen) atoms. The Labute approximate surface area is 175 Å². The second-order valence-electron chi connectivity index (χ2n) is 8.27. The van der Waals surface area contributed by atoms with Crippen LogP contribution in [0.15, 0.2) is 40.1 Å². The summed E-state index contributed by atoms with van der Waals surface area (Å²) < 4.78 is 5.50. The van der Waals surface area contributed by atoms with Crippen LogP contribution >= 0.6 is 0 Å². The van der Waals surface area contributed by atoms with Gasteiger partial charge < -0.3 is 26.2 Å². The fraction of sp³-hybridized carbons (Fsp3) is 0.429. The van der Waals surface area contributed by atoms with Gasteiger partial charge in [-0.05, 0) is 50.3 Å². The number of carbonyl (C=O) groups is 1. The second kappa shape index (κ2) is 7.47. The van der Waals surface area contributed by atoms with E-state index < -0.39 is 5.54 Å². The minimum Gasteiger partial charge on any atom is -0.403 e. The van der Waals surface area contributed by atoms with Gasteiger partial charge in [0.15, 0.2) is 5.82 Å². The summed E-state index contributed by atoms with van der Waals surface area (Å²) in [5.74, 6) is 1.91. The van der Waals surface area contributed by atoms with E-state index in [1.54, 1.807) is 6.92 Å². The van der Waals surface area contributed by atoms with Crippen LogP contribution < -0.4 is 16.8 Å². The molecule has 0 radical (unpaired) electrons. The van der Waals surface area contributed by atoms with Crippen LogP contribution in [-0.2, 0) is 5.54 Å². The normalized spacial score (nSPS) is 26.0. The number of anilines is 1. The zero-order valence-electron chi connectivity index (χ0n) is 17.4. The molecular weight excluding hydrogens is 382 g/mol. The van der Waals surface area contributed by atoms with Crippen molar-refractivity contribution in [3.63, 3.8) is 0 Å². The Hall–Kier alpha value is -3.36. The maximum atomic E-state index is 13.3.